The van der Waals surface area contributed by atoms with Gasteiger partial charge in [-0.15, -0.1) is 0 Å². The van der Waals surface area contributed by atoms with E-state index < -0.39 is 0 Å². The molecule has 0 bridgehead atoms. The Kier molecular flexibility index (Phi) is 3.70. The molecule has 2 heteroatoms. The van der Waals surface area contributed by atoms with E-state index in [1.807, 2.05) is 13.2 Å². The largest absolute Gasteiger partial charge is 0.469 e. The highest BCUT2D eigenvalue weighted by Crippen LogP contribution is 2.37. The monoisotopic (exact) mass is 221 g/mol. The second-order valence-corrected chi connectivity index (χ2v) is 5.22. The molecule has 0 aromatic carbocycles. The molecule has 90 valence electrons. The predicted octanol–water partition coefficient (Wildman–Crippen LogP) is 3.80. The zero-order valence-corrected chi connectivity index (χ0v) is 10.4. The second-order valence-electron chi connectivity index (χ2n) is 5.22. The van der Waals surface area contributed by atoms with Crippen molar-refractivity contribution in [3.8, 4) is 0 Å². The number of hydrogen-bond acceptors (Lipinski definition) is 2. The van der Waals surface area contributed by atoms with Crippen molar-refractivity contribution in [2.24, 2.45) is 17.6 Å². The van der Waals surface area contributed by atoms with Crippen molar-refractivity contribution >= 4 is 0 Å². The minimum absolute atomic E-state index is 0.173. The van der Waals surface area contributed by atoms with Crippen molar-refractivity contribution in [3.05, 3.63) is 23.7 Å². The van der Waals surface area contributed by atoms with Gasteiger partial charge >= 0.3 is 0 Å². The first-order chi connectivity index (χ1) is 7.70. The first kappa shape index (κ1) is 11.7. The quantitative estimate of drug-likeness (QED) is 0.843. The molecule has 2 nitrogen and oxygen atoms in total. The molecule has 0 amide bonds. The Balaban J connectivity index is 2.01. The first-order valence-electron chi connectivity index (χ1n) is 6.51. The van der Waals surface area contributed by atoms with Crippen molar-refractivity contribution < 1.29 is 4.42 Å². The Morgan fingerprint density at radius 1 is 1.50 bits per heavy atom. The average Bonchev–Trinajstić information content (AvgIpc) is 2.75. The summed E-state index contributed by atoms with van der Waals surface area (Å²) in [7, 11) is 0. The summed E-state index contributed by atoms with van der Waals surface area (Å²) in [6.45, 7) is 4.27. The third-order valence-electron chi connectivity index (χ3n) is 4.04. The Labute approximate surface area is 98.2 Å². The van der Waals surface area contributed by atoms with Gasteiger partial charge in [-0.1, -0.05) is 26.2 Å². The van der Waals surface area contributed by atoms with Crippen molar-refractivity contribution in [2.75, 3.05) is 0 Å². The number of aryl methyl sites for hydroxylation is 1. The molecule has 1 aromatic rings. The van der Waals surface area contributed by atoms with E-state index in [0.29, 0.717) is 5.92 Å². The van der Waals surface area contributed by atoms with E-state index in [-0.39, 0.29) is 6.04 Å². The maximum atomic E-state index is 6.34. The summed E-state index contributed by atoms with van der Waals surface area (Å²) in [5, 5.41) is 0. The number of hydrogen-bond donors (Lipinski definition) is 1. The van der Waals surface area contributed by atoms with Gasteiger partial charge in [-0.2, -0.15) is 0 Å². The van der Waals surface area contributed by atoms with Crippen LogP contribution in [0.15, 0.2) is 16.7 Å². The standard InChI is InChI=1S/C14H23NO/c1-3-11-5-4-6-12(8-11)14(15)13-7-10(2)16-9-13/h7,9,11-12,14H,3-6,8,15H2,1-2H3. The van der Waals surface area contributed by atoms with Crippen LogP contribution >= 0.6 is 0 Å². The van der Waals surface area contributed by atoms with Crippen molar-refractivity contribution in [3.63, 3.8) is 0 Å². The molecule has 1 saturated carbocycles. The summed E-state index contributed by atoms with van der Waals surface area (Å²) in [5.41, 5.74) is 7.52. The van der Waals surface area contributed by atoms with E-state index in [0.717, 1.165) is 11.7 Å². The summed E-state index contributed by atoms with van der Waals surface area (Å²) in [5.74, 6) is 2.50. The van der Waals surface area contributed by atoms with Crippen molar-refractivity contribution in [1.82, 2.24) is 0 Å². The van der Waals surface area contributed by atoms with Crippen LogP contribution < -0.4 is 5.73 Å². The third kappa shape index (κ3) is 2.49. The van der Waals surface area contributed by atoms with Crippen molar-refractivity contribution in [2.45, 2.75) is 52.0 Å². The number of furan rings is 1. The number of nitrogens with two attached hydrogens (primary N) is 1. The lowest BCUT2D eigenvalue weighted by Gasteiger charge is -2.32. The Hall–Kier alpha value is -0.760. The molecule has 0 aliphatic heterocycles. The number of rotatable bonds is 3. The molecule has 1 aliphatic carbocycles. The van der Waals surface area contributed by atoms with Gasteiger partial charge < -0.3 is 10.2 Å². The molecule has 0 spiro atoms. The maximum absolute atomic E-state index is 6.34. The predicted molar refractivity (Wildman–Crippen MR) is 66.1 cm³/mol. The summed E-state index contributed by atoms with van der Waals surface area (Å²) < 4.78 is 5.35. The topological polar surface area (TPSA) is 39.2 Å². The lowest BCUT2D eigenvalue weighted by molar-refractivity contribution is 0.230. The van der Waals surface area contributed by atoms with Crippen LogP contribution in [0.25, 0.3) is 0 Å². The van der Waals surface area contributed by atoms with E-state index in [1.165, 1.54) is 37.7 Å². The first-order valence-corrected chi connectivity index (χ1v) is 6.51. The van der Waals surface area contributed by atoms with Gasteiger partial charge in [-0.05, 0) is 37.7 Å². The van der Waals surface area contributed by atoms with Crippen LogP contribution in [0.4, 0.5) is 0 Å². The Morgan fingerprint density at radius 3 is 2.94 bits per heavy atom. The molecule has 1 aromatic heterocycles. The normalized spacial score (nSPS) is 27.9. The molecule has 1 fully saturated rings. The van der Waals surface area contributed by atoms with Crippen LogP contribution in [0, 0.1) is 18.8 Å². The van der Waals surface area contributed by atoms with Crippen LogP contribution in [0.3, 0.4) is 0 Å². The lowest BCUT2D eigenvalue weighted by atomic mass is 9.76. The van der Waals surface area contributed by atoms with Gasteiger partial charge in [0.05, 0.1) is 6.26 Å². The molecular formula is C14H23NO. The average molecular weight is 221 g/mol. The van der Waals surface area contributed by atoms with Crippen LogP contribution in [0.1, 0.15) is 56.4 Å². The van der Waals surface area contributed by atoms with Gasteiger partial charge in [0, 0.05) is 11.6 Å². The summed E-state index contributed by atoms with van der Waals surface area (Å²) in [4.78, 5) is 0. The molecule has 3 atom stereocenters. The second kappa shape index (κ2) is 5.05. The van der Waals surface area contributed by atoms with Gasteiger partial charge in [-0.25, -0.2) is 0 Å². The van der Waals surface area contributed by atoms with Gasteiger partial charge in [0.1, 0.15) is 5.76 Å². The fourth-order valence-corrected chi connectivity index (χ4v) is 2.94. The van der Waals surface area contributed by atoms with E-state index >= 15 is 0 Å². The van der Waals surface area contributed by atoms with E-state index in [9.17, 15) is 0 Å². The van der Waals surface area contributed by atoms with Crippen LogP contribution in [-0.2, 0) is 0 Å². The third-order valence-corrected chi connectivity index (χ3v) is 4.04. The SMILES string of the molecule is CCC1CCCC(C(N)c2coc(C)c2)C1. The van der Waals surface area contributed by atoms with Crippen LogP contribution in [0.2, 0.25) is 0 Å². The molecule has 2 rings (SSSR count). The molecular weight excluding hydrogens is 198 g/mol. The highest BCUT2D eigenvalue weighted by atomic mass is 16.3. The molecule has 1 heterocycles. The molecule has 0 saturated heterocycles. The van der Waals surface area contributed by atoms with Crippen molar-refractivity contribution in [1.29, 1.82) is 0 Å². The molecule has 16 heavy (non-hydrogen) atoms. The van der Waals surface area contributed by atoms with E-state index in [4.69, 9.17) is 10.2 Å². The zero-order chi connectivity index (χ0) is 11.5. The van der Waals surface area contributed by atoms with Crippen LogP contribution in [0.5, 0.6) is 0 Å². The molecule has 1 aliphatic rings. The molecule has 2 N–H and O–H groups in total. The molecule has 0 radical (unpaired) electrons. The van der Waals surface area contributed by atoms with Gasteiger partial charge in [-0.3, -0.25) is 0 Å². The lowest BCUT2D eigenvalue weighted by Crippen LogP contribution is -2.26. The smallest absolute Gasteiger partial charge is 0.101 e. The Bertz CT molecular complexity index is 331. The fraction of sp³-hybridized carbons (Fsp3) is 0.714. The van der Waals surface area contributed by atoms with Gasteiger partial charge in [0.25, 0.3) is 0 Å². The van der Waals surface area contributed by atoms with E-state index in [1.54, 1.807) is 0 Å². The molecule has 3 unspecified atom stereocenters. The highest BCUT2D eigenvalue weighted by molar-refractivity contribution is 5.17. The van der Waals surface area contributed by atoms with E-state index in [2.05, 4.69) is 13.0 Å². The zero-order valence-electron chi connectivity index (χ0n) is 10.4. The highest BCUT2D eigenvalue weighted by Gasteiger charge is 2.27. The summed E-state index contributed by atoms with van der Waals surface area (Å²) >= 11 is 0. The minimum atomic E-state index is 0.173. The Morgan fingerprint density at radius 2 is 2.31 bits per heavy atom. The van der Waals surface area contributed by atoms with Crippen LogP contribution in [-0.4, -0.2) is 0 Å². The minimum Gasteiger partial charge on any atom is -0.469 e. The maximum Gasteiger partial charge on any atom is 0.101 e. The summed E-state index contributed by atoms with van der Waals surface area (Å²) in [6.07, 6.45) is 8.44. The van der Waals surface area contributed by atoms with Gasteiger partial charge in [0.15, 0.2) is 0 Å². The van der Waals surface area contributed by atoms with Gasteiger partial charge in [0.2, 0.25) is 0 Å². The summed E-state index contributed by atoms with van der Waals surface area (Å²) in [6, 6.07) is 2.26. The fourth-order valence-electron chi connectivity index (χ4n) is 2.94.